The van der Waals surface area contributed by atoms with Crippen LogP contribution in [0.3, 0.4) is 0 Å². The SMILES string of the molecule is COC(C)Cc1noc([C@H]2CCCCN2)n1. The minimum absolute atomic E-state index is 0.129. The van der Waals surface area contributed by atoms with Gasteiger partial charge in [-0.1, -0.05) is 11.6 Å². The van der Waals surface area contributed by atoms with Crippen molar-refractivity contribution in [2.75, 3.05) is 13.7 Å². The Morgan fingerprint density at radius 2 is 2.44 bits per heavy atom. The molecule has 1 unspecified atom stereocenters. The van der Waals surface area contributed by atoms with Crippen molar-refractivity contribution in [1.29, 1.82) is 0 Å². The van der Waals surface area contributed by atoms with Crippen LogP contribution in [0, 0.1) is 0 Å². The van der Waals surface area contributed by atoms with E-state index in [0.29, 0.717) is 6.42 Å². The van der Waals surface area contributed by atoms with E-state index in [2.05, 4.69) is 15.5 Å². The molecule has 0 bridgehead atoms. The van der Waals surface area contributed by atoms with Crippen LogP contribution in [0.1, 0.15) is 43.9 Å². The van der Waals surface area contributed by atoms with Crippen molar-refractivity contribution in [1.82, 2.24) is 15.5 Å². The second-order valence-electron chi connectivity index (χ2n) is 4.30. The smallest absolute Gasteiger partial charge is 0.243 e. The second kappa shape index (κ2) is 5.41. The largest absolute Gasteiger partial charge is 0.381 e. The highest BCUT2D eigenvalue weighted by Gasteiger charge is 2.21. The van der Waals surface area contributed by atoms with Gasteiger partial charge >= 0.3 is 0 Å². The Balaban J connectivity index is 1.95. The summed E-state index contributed by atoms with van der Waals surface area (Å²) in [6.45, 7) is 3.03. The van der Waals surface area contributed by atoms with Gasteiger partial charge in [-0.2, -0.15) is 4.98 Å². The summed E-state index contributed by atoms with van der Waals surface area (Å²) in [5.41, 5.74) is 0. The zero-order chi connectivity index (χ0) is 11.4. The van der Waals surface area contributed by atoms with Gasteiger partial charge in [0.15, 0.2) is 5.82 Å². The summed E-state index contributed by atoms with van der Waals surface area (Å²) < 4.78 is 10.4. The van der Waals surface area contributed by atoms with Crippen LogP contribution < -0.4 is 5.32 Å². The highest BCUT2D eigenvalue weighted by molar-refractivity contribution is 4.95. The third kappa shape index (κ3) is 2.80. The summed E-state index contributed by atoms with van der Waals surface area (Å²) in [5, 5.41) is 7.36. The Morgan fingerprint density at radius 3 is 3.12 bits per heavy atom. The molecule has 0 radical (unpaired) electrons. The molecule has 1 aromatic rings. The van der Waals surface area contributed by atoms with E-state index in [-0.39, 0.29) is 12.1 Å². The van der Waals surface area contributed by atoms with Gasteiger partial charge in [-0.3, -0.25) is 0 Å². The molecule has 1 fully saturated rings. The fourth-order valence-electron chi connectivity index (χ4n) is 1.89. The van der Waals surface area contributed by atoms with E-state index >= 15 is 0 Å². The molecule has 1 N–H and O–H groups in total. The van der Waals surface area contributed by atoms with Gasteiger partial charge in [-0.05, 0) is 26.3 Å². The van der Waals surface area contributed by atoms with Crippen molar-refractivity contribution in [2.45, 2.75) is 44.8 Å². The third-order valence-corrected chi connectivity index (χ3v) is 2.96. The first kappa shape index (κ1) is 11.5. The van der Waals surface area contributed by atoms with Crippen LogP contribution in [-0.4, -0.2) is 29.9 Å². The number of aromatic nitrogens is 2. The first-order chi connectivity index (χ1) is 7.79. The number of methoxy groups -OCH3 is 1. The molecule has 0 amide bonds. The summed E-state index contributed by atoms with van der Waals surface area (Å²) in [7, 11) is 1.69. The molecule has 90 valence electrons. The molecule has 0 saturated carbocycles. The zero-order valence-corrected chi connectivity index (χ0v) is 9.90. The van der Waals surface area contributed by atoms with Crippen LogP contribution in [0.5, 0.6) is 0 Å². The van der Waals surface area contributed by atoms with Gasteiger partial charge in [0.25, 0.3) is 0 Å². The Hall–Kier alpha value is -0.940. The Bertz CT molecular complexity index is 321. The first-order valence-electron chi connectivity index (χ1n) is 5.88. The summed E-state index contributed by atoms with van der Waals surface area (Å²) in [6.07, 6.45) is 4.38. The molecule has 5 heteroatoms. The molecular weight excluding hydrogens is 206 g/mol. The van der Waals surface area contributed by atoms with E-state index < -0.39 is 0 Å². The van der Waals surface area contributed by atoms with Crippen molar-refractivity contribution in [3.63, 3.8) is 0 Å². The van der Waals surface area contributed by atoms with Crippen molar-refractivity contribution in [2.24, 2.45) is 0 Å². The maximum atomic E-state index is 5.27. The molecule has 5 nitrogen and oxygen atoms in total. The quantitative estimate of drug-likeness (QED) is 0.840. The van der Waals surface area contributed by atoms with Crippen LogP contribution in [0.4, 0.5) is 0 Å². The van der Waals surface area contributed by atoms with Gasteiger partial charge in [-0.15, -0.1) is 0 Å². The minimum atomic E-state index is 0.129. The van der Waals surface area contributed by atoms with Crippen molar-refractivity contribution >= 4 is 0 Å². The van der Waals surface area contributed by atoms with E-state index in [1.807, 2.05) is 6.92 Å². The molecule has 0 spiro atoms. The summed E-state index contributed by atoms with van der Waals surface area (Å²) in [6, 6.07) is 0.243. The number of ether oxygens (including phenoxy) is 1. The highest BCUT2D eigenvalue weighted by Crippen LogP contribution is 2.21. The van der Waals surface area contributed by atoms with Gasteiger partial charge in [0.05, 0.1) is 12.1 Å². The van der Waals surface area contributed by atoms with E-state index in [1.54, 1.807) is 7.11 Å². The molecule has 16 heavy (non-hydrogen) atoms. The first-order valence-corrected chi connectivity index (χ1v) is 5.88. The lowest BCUT2D eigenvalue weighted by molar-refractivity contribution is 0.116. The Kier molecular flexibility index (Phi) is 3.90. The number of piperidine rings is 1. The van der Waals surface area contributed by atoms with Crippen LogP contribution in [0.25, 0.3) is 0 Å². The fraction of sp³-hybridized carbons (Fsp3) is 0.818. The third-order valence-electron chi connectivity index (χ3n) is 2.96. The predicted molar refractivity (Wildman–Crippen MR) is 59.1 cm³/mol. The normalized spacial score (nSPS) is 23.2. The van der Waals surface area contributed by atoms with Crippen LogP contribution in [0.15, 0.2) is 4.52 Å². The lowest BCUT2D eigenvalue weighted by atomic mass is 10.1. The average Bonchev–Trinajstić information content (AvgIpc) is 2.78. The van der Waals surface area contributed by atoms with Crippen molar-refractivity contribution in [3.05, 3.63) is 11.7 Å². The molecule has 0 aromatic carbocycles. The second-order valence-corrected chi connectivity index (χ2v) is 4.30. The maximum absolute atomic E-state index is 5.27. The lowest BCUT2D eigenvalue weighted by Gasteiger charge is -2.19. The van der Waals surface area contributed by atoms with Gasteiger partial charge in [0.1, 0.15) is 0 Å². The number of rotatable bonds is 4. The standard InChI is InChI=1S/C11H19N3O2/c1-8(15-2)7-10-13-11(16-14-10)9-5-3-4-6-12-9/h8-9,12H,3-7H2,1-2H3/t8?,9-/m1/s1. The monoisotopic (exact) mass is 225 g/mol. The number of nitrogens with zero attached hydrogens (tertiary/aromatic N) is 2. The average molecular weight is 225 g/mol. The van der Waals surface area contributed by atoms with Gasteiger partial charge < -0.3 is 14.6 Å². The summed E-state index contributed by atoms with van der Waals surface area (Å²) >= 11 is 0. The van der Waals surface area contributed by atoms with Crippen molar-refractivity contribution in [3.8, 4) is 0 Å². The summed E-state index contributed by atoms with van der Waals surface area (Å²) in [4.78, 5) is 4.40. The van der Waals surface area contributed by atoms with Crippen LogP contribution in [-0.2, 0) is 11.2 Å². The highest BCUT2D eigenvalue weighted by atomic mass is 16.5. The Labute approximate surface area is 95.6 Å². The Morgan fingerprint density at radius 1 is 1.56 bits per heavy atom. The molecule has 0 aliphatic carbocycles. The molecule has 2 rings (SSSR count). The number of hydrogen-bond donors (Lipinski definition) is 1. The maximum Gasteiger partial charge on any atom is 0.243 e. The lowest BCUT2D eigenvalue weighted by Crippen LogP contribution is -2.27. The predicted octanol–water partition coefficient (Wildman–Crippen LogP) is 1.46. The van der Waals surface area contributed by atoms with Crippen molar-refractivity contribution < 1.29 is 9.26 Å². The van der Waals surface area contributed by atoms with E-state index in [9.17, 15) is 0 Å². The topological polar surface area (TPSA) is 60.2 Å². The molecule has 1 aromatic heterocycles. The summed E-state index contributed by atoms with van der Waals surface area (Å²) in [5.74, 6) is 1.45. The molecule has 2 atom stereocenters. The minimum Gasteiger partial charge on any atom is -0.381 e. The van der Waals surface area contributed by atoms with E-state index in [0.717, 1.165) is 24.7 Å². The van der Waals surface area contributed by atoms with Gasteiger partial charge in [0.2, 0.25) is 5.89 Å². The van der Waals surface area contributed by atoms with E-state index in [4.69, 9.17) is 9.26 Å². The fourth-order valence-corrected chi connectivity index (χ4v) is 1.89. The number of nitrogens with one attached hydrogen (secondary N) is 1. The molecular formula is C11H19N3O2. The zero-order valence-electron chi connectivity index (χ0n) is 9.90. The van der Waals surface area contributed by atoms with Crippen LogP contribution in [0.2, 0.25) is 0 Å². The van der Waals surface area contributed by atoms with Crippen LogP contribution >= 0.6 is 0 Å². The van der Waals surface area contributed by atoms with E-state index in [1.165, 1.54) is 12.8 Å². The number of hydrogen-bond acceptors (Lipinski definition) is 5. The molecule has 1 aliphatic rings. The molecule has 1 saturated heterocycles. The molecule has 2 heterocycles. The molecule has 1 aliphatic heterocycles. The van der Waals surface area contributed by atoms with Gasteiger partial charge in [-0.25, -0.2) is 0 Å². The van der Waals surface area contributed by atoms with Gasteiger partial charge in [0, 0.05) is 13.5 Å².